The average molecular weight is 265 g/mol. The van der Waals surface area contributed by atoms with Crippen LogP contribution in [-0.4, -0.2) is 36.7 Å². The summed E-state index contributed by atoms with van der Waals surface area (Å²) in [7, 11) is 1.81. The van der Waals surface area contributed by atoms with Crippen molar-refractivity contribution in [2.75, 3.05) is 11.9 Å². The van der Waals surface area contributed by atoms with E-state index < -0.39 is 0 Å². The Balaban J connectivity index is 1.88. The molecule has 0 radical (unpaired) electrons. The van der Waals surface area contributed by atoms with Gasteiger partial charge in [0.1, 0.15) is 5.82 Å². The molecule has 2 aromatic rings. The van der Waals surface area contributed by atoms with Gasteiger partial charge >= 0.3 is 0 Å². The number of hydrogen-bond donors (Lipinski definition) is 1. The molecule has 0 saturated carbocycles. The molecule has 0 saturated heterocycles. The normalized spacial score (nSPS) is 10.6. The van der Waals surface area contributed by atoms with Gasteiger partial charge in [0.2, 0.25) is 5.16 Å². The van der Waals surface area contributed by atoms with Gasteiger partial charge in [-0.15, -0.1) is 5.10 Å². The zero-order valence-corrected chi connectivity index (χ0v) is 11.2. The molecule has 18 heavy (non-hydrogen) atoms. The van der Waals surface area contributed by atoms with Crippen molar-refractivity contribution >= 4 is 17.6 Å². The van der Waals surface area contributed by atoms with Crippen LogP contribution in [-0.2, 0) is 12.8 Å². The second-order valence-electron chi connectivity index (χ2n) is 3.69. The van der Waals surface area contributed by atoms with Gasteiger partial charge in [-0.3, -0.25) is 4.98 Å². The number of aryl methyl sites for hydroxylation is 1. The fourth-order valence-electron chi connectivity index (χ4n) is 1.26. The second-order valence-corrected chi connectivity index (χ2v) is 4.64. The van der Waals surface area contributed by atoms with Crippen molar-refractivity contribution in [3.05, 3.63) is 18.1 Å². The maximum Gasteiger partial charge on any atom is 0.209 e. The van der Waals surface area contributed by atoms with Crippen molar-refractivity contribution in [1.29, 1.82) is 0 Å². The fourth-order valence-corrected chi connectivity index (χ4v) is 2.00. The number of tetrazole rings is 1. The van der Waals surface area contributed by atoms with Crippen LogP contribution in [0.1, 0.15) is 19.0 Å². The molecule has 0 amide bonds. The number of nitrogens with one attached hydrogen (secondary N) is 1. The van der Waals surface area contributed by atoms with Crippen molar-refractivity contribution < 1.29 is 0 Å². The third-order valence-electron chi connectivity index (χ3n) is 2.19. The average Bonchev–Trinajstić information content (AvgIpc) is 2.81. The van der Waals surface area contributed by atoms with Gasteiger partial charge in [-0.1, -0.05) is 18.7 Å². The lowest BCUT2D eigenvalue weighted by Gasteiger charge is -2.04. The van der Waals surface area contributed by atoms with Crippen LogP contribution >= 0.6 is 11.8 Å². The van der Waals surface area contributed by atoms with E-state index in [0.29, 0.717) is 5.75 Å². The fraction of sp³-hybridized carbons (Fsp3) is 0.500. The molecule has 2 heterocycles. The van der Waals surface area contributed by atoms with Gasteiger partial charge in [0, 0.05) is 19.3 Å². The van der Waals surface area contributed by atoms with Crippen LogP contribution in [0.15, 0.2) is 17.6 Å². The molecule has 7 nitrogen and oxygen atoms in total. The quantitative estimate of drug-likeness (QED) is 0.783. The molecule has 2 aromatic heterocycles. The van der Waals surface area contributed by atoms with E-state index in [1.165, 1.54) is 11.8 Å². The van der Waals surface area contributed by atoms with Crippen molar-refractivity contribution in [3.8, 4) is 0 Å². The van der Waals surface area contributed by atoms with E-state index in [0.717, 1.165) is 29.6 Å². The van der Waals surface area contributed by atoms with Gasteiger partial charge in [0.05, 0.1) is 18.1 Å². The van der Waals surface area contributed by atoms with Gasteiger partial charge < -0.3 is 5.32 Å². The first-order chi connectivity index (χ1) is 8.79. The summed E-state index contributed by atoms with van der Waals surface area (Å²) in [5.41, 5.74) is 0.907. The topological polar surface area (TPSA) is 81.4 Å². The van der Waals surface area contributed by atoms with E-state index in [-0.39, 0.29) is 0 Å². The minimum atomic E-state index is 0.704. The van der Waals surface area contributed by atoms with E-state index in [1.54, 1.807) is 17.1 Å². The standard InChI is InChI=1S/C10H15N7S/c1-3-4-11-9-6-12-8(5-13-9)7-18-10-14-15-16-17(10)2/h5-6H,3-4,7H2,1-2H3,(H,11,13). The number of aromatic nitrogens is 6. The molecule has 0 spiro atoms. The van der Waals surface area contributed by atoms with E-state index in [2.05, 4.69) is 37.7 Å². The summed E-state index contributed by atoms with van der Waals surface area (Å²) < 4.78 is 1.63. The minimum absolute atomic E-state index is 0.704. The molecule has 1 N–H and O–H groups in total. The largest absolute Gasteiger partial charge is 0.369 e. The summed E-state index contributed by atoms with van der Waals surface area (Å²) >= 11 is 1.53. The zero-order chi connectivity index (χ0) is 12.8. The highest BCUT2D eigenvalue weighted by Gasteiger charge is 2.04. The van der Waals surface area contributed by atoms with E-state index in [9.17, 15) is 0 Å². The lowest BCUT2D eigenvalue weighted by Crippen LogP contribution is -2.03. The van der Waals surface area contributed by atoms with Crippen molar-refractivity contribution in [2.45, 2.75) is 24.3 Å². The minimum Gasteiger partial charge on any atom is -0.369 e. The maximum atomic E-state index is 4.34. The number of hydrogen-bond acceptors (Lipinski definition) is 7. The summed E-state index contributed by atoms with van der Waals surface area (Å²) in [5, 5.41) is 15.2. The Kier molecular flexibility index (Phi) is 4.46. The zero-order valence-electron chi connectivity index (χ0n) is 10.4. The molecule has 0 fully saturated rings. The molecule has 0 atom stereocenters. The van der Waals surface area contributed by atoms with Gasteiger partial charge in [-0.25, -0.2) is 9.67 Å². The predicted molar refractivity (Wildman–Crippen MR) is 69.2 cm³/mol. The Hall–Kier alpha value is -1.70. The number of rotatable bonds is 6. The monoisotopic (exact) mass is 265 g/mol. The highest BCUT2D eigenvalue weighted by molar-refractivity contribution is 7.98. The molecular weight excluding hydrogens is 250 g/mol. The first-order valence-electron chi connectivity index (χ1n) is 5.69. The van der Waals surface area contributed by atoms with Gasteiger partial charge in [-0.2, -0.15) is 0 Å². The summed E-state index contributed by atoms with van der Waals surface area (Å²) in [5.74, 6) is 1.51. The number of nitrogens with zero attached hydrogens (tertiary/aromatic N) is 6. The second kappa shape index (κ2) is 6.29. The van der Waals surface area contributed by atoms with Crippen molar-refractivity contribution in [2.24, 2.45) is 7.05 Å². The molecule has 2 rings (SSSR count). The Bertz CT molecular complexity index is 481. The van der Waals surface area contributed by atoms with Crippen LogP contribution in [0.25, 0.3) is 0 Å². The van der Waals surface area contributed by atoms with E-state index in [1.807, 2.05) is 7.05 Å². The highest BCUT2D eigenvalue weighted by atomic mass is 32.2. The summed E-state index contributed by atoms with van der Waals surface area (Å²) in [6, 6.07) is 0. The summed E-state index contributed by atoms with van der Waals surface area (Å²) in [4.78, 5) is 8.63. The number of thioether (sulfide) groups is 1. The molecule has 0 aliphatic rings. The van der Waals surface area contributed by atoms with Gasteiger partial charge in [0.25, 0.3) is 0 Å². The molecular formula is C10H15N7S. The van der Waals surface area contributed by atoms with E-state index in [4.69, 9.17) is 0 Å². The Morgan fingerprint density at radius 2 is 2.22 bits per heavy atom. The van der Waals surface area contributed by atoms with Crippen molar-refractivity contribution in [3.63, 3.8) is 0 Å². The van der Waals surface area contributed by atoms with Crippen LogP contribution in [0.3, 0.4) is 0 Å². The lowest BCUT2D eigenvalue weighted by atomic mass is 10.4. The molecule has 0 bridgehead atoms. The maximum absolute atomic E-state index is 4.34. The first kappa shape index (κ1) is 12.7. The Morgan fingerprint density at radius 1 is 1.33 bits per heavy atom. The van der Waals surface area contributed by atoms with Crippen LogP contribution in [0.2, 0.25) is 0 Å². The van der Waals surface area contributed by atoms with Crippen LogP contribution < -0.4 is 5.32 Å². The van der Waals surface area contributed by atoms with Crippen LogP contribution in [0, 0.1) is 0 Å². The molecule has 8 heteroatoms. The first-order valence-corrected chi connectivity index (χ1v) is 6.68. The SMILES string of the molecule is CCCNc1cnc(CSc2nnnn2C)cn1. The lowest BCUT2D eigenvalue weighted by molar-refractivity contribution is 0.664. The van der Waals surface area contributed by atoms with Crippen molar-refractivity contribution in [1.82, 2.24) is 30.2 Å². The molecule has 96 valence electrons. The van der Waals surface area contributed by atoms with Gasteiger partial charge in [0.15, 0.2) is 0 Å². The number of anilines is 1. The summed E-state index contributed by atoms with van der Waals surface area (Å²) in [6.45, 7) is 3.02. The molecule has 0 aromatic carbocycles. The third-order valence-corrected chi connectivity index (χ3v) is 3.24. The third kappa shape index (κ3) is 3.39. The Labute approximate surface area is 109 Å². The molecule has 0 aliphatic heterocycles. The predicted octanol–water partition coefficient (Wildman–Crippen LogP) is 1.11. The van der Waals surface area contributed by atoms with E-state index >= 15 is 0 Å². The van der Waals surface area contributed by atoms with Gasteiger partial charge in [-0.05, 0) is 16.8 Å². The smallest absolute Gasteiger partial charge is 0.209 e. The highest BCUT2D eigenvalue weighted by Crippen LogP contribution is 2.17. The Morgan fingerprint density at radius 3 is 2.83 bits per heavy atom. The molecule has 0 aliphatic carbocycles. The molecule has 0 unspecified atom stereocenters. The van der Waals surface area contributed by atoms with Crippen LogP contribution in [0.4, 0.5) is 5.82 Å². The summed E-state index contributed by atoms with van der Waals surface area (Å²) in [6.07, 6.45) is 4.59. The van der Waals surface area contributed by atoms with Crippen LogP contribution in [0.5, 0.6) is 0 Å².